The van der Waals surface area contributed by atoms with Crippen molar-refractivity contribution in [1.29, 1.82) is 0 Å². The van der Waals surface area contributed by atoms with Gasteiger partial charge < -0.3 is 19.4 Å². The Labute approximate surface area is 179 Å². The maximum atomic E-state index is 13.4. The Kier molecular flexibility index (Phi) is 4.53. The number of urea groups is 1. The Morgan fingerprint density at radius 2 is 1.84 bits per heavy atom. The standard InChI is InChI=1S/C22H22FN5O3/c1-25-19-18(20(29)28(22(25)30)13-14-7-9-15(23)10-8-14)27-12-11-26(21(27)24-19)16-5-3-4-6-17(16)31-2/h3-10,18-19H,11-13H2,1-2H3. The van der Waals surface area contributed by atoms with Crippen molar-refractivity contribution in [3.63, 3.8) is 0 Å². The van der Waals surface area contributed by atoms with Crippen LogP contribution >= 0.6 is 0 Å². The minimum atomic E-state index is -0.586. The second kappa shape index (κ2) is 7.26. The van der Waals surface area contributed by atoms with Crippen LogP contribution in [0.1, 0.15) is 5.56 Å². The first-order chi connectivity index (χ1) is 15.0. The van der Waals surface area contributed by atoms with Gasteiger partial charge in [-0.15, -0.1) is 0 Å². The number of carbonyl (C=O) groups is 2. The van der Waals surface area contributed by atoms with Crippen molar-refractivity contribution in [1.82, 2.24) is 14.7 Å². The molecule has 0 spiro atoms. The van der Waals surface area contributed by atoms with Crippen molar-refractivity contribution in [2.45, 2.75) is 18.8 Å². The van der Waals surface area contributed by atoms with Gasteiger partial charge in [0.2, 0.25) is 5.96 Å². The number of halogens is 1. The average molecular weight is 423 g/mol. The number of likely N-dealkylation sites (N-methyl/N-ethyl adjacent to an activating group) is 1. The summed E-state index contributed by atoms with van der Waals surface area (Å²) < 4.78 is 18.7. The molecule has 2 saturated heterocycles. The second-order valence-corrected chi connectivity index (χ2v) is 7.75. The van der Waals surface area contributed by atoms with Gasteiger partial charge in [0.25, 0.3) is 5.91 Å². The molecule has 9 heteroatoms. The van der Waals surface area contributed by atoms with E-state index in [0.29, 0.717) is 24.6 Å². The number of amides is 3. The Morgan fingerprint density at radius 1 is 1.10 bits per heavy atom. The van der Waals surface area contributed by atoms with Gasteiger partial charge in [-0.05, 0) is 29.8 Å². The molecule has 0 radical (unpaired) electrons. The number of methoxy groups -OCH3 is 1. The summed E-state index contributed by atoms with van der Waals surface area (Å²) in [6.45, 7) is 1.35. The highest BCUT2D eigenvalue weighted by molar-refractivity contribution is 6.08. The molecule has 2 fully saturated rings. The van der Waals surface area contributed by atoms with Crippen molar-refractivity contribution in [3.05, 3.63) is 59.9 Å². The number of ether oxygens (including phenoxy) is 1. The number of para-hydroxylation sites is 2. The first-order valence-electron chi connectivity index (χ1n) is 10.1. The lowest BCUT2D eigenvalue weighted by molar-refractivity contribution is -0.137. The molecule has 2 atom stereocenters. The molecular formula is C22H22FN5O3. The highest BCUT2D eigenvalue weighted by atomic mass is 19.1. The zero-order chi connectivity index (χ0) is 21.7. The topological polar surface area (TPSA) is 68.7 Å². The number of imide groups is 1. The molecule has 5 rings (SSSR count). The predicted octanol–water partition coefficient (Wildman–Crippen LogP) is 2.11. The molecule has 8 nitrogen and oxygen atoms in total. The van der Waals surface area contributed by atoms with Crippen LogP contribution < -0.4 is 9.64 Å². The maximum Gasteiger partial charge on any atom is 0.328 e. The van der Waals surface area contributed by atoms with Crippen LogP contribution in [0.4, 0.5) is 14.9 Å². The van der Waals surface area contributed by atoms with E-state index in [9.17, 15) is 14.0 Å². The van der Waals surface area contributed by atoms with E-state index in [-0.39, 0.29) is 18.3 Å². The number of hydrogen-bond acceptors (Lipinski definition) is 6. The third kappa shape index (κ3) is 2.99. The average Bonchev–Trinajstić information content (AvgIpc) is 3.36. The molecule has 160 valence electrons. The number of fused-ring (bicyclic) bond motifs is 3. The zero-order valence-corrected chi connectivity index (χ0v) is 17.2. The molecule has 0 aliphatic carbocycles. The first-order valence-corrected chi connectivity index (χ1v) is 10.1. The van der Waals surface area contributed by atoms with Gasteiger partial charge in [-0.1, -0.05) is 24.3 Å². The van der Waals surface area contributed by atoms with E-state index in [1.165, 1.54) is 21.9 Å². The van der Waals surface area contributed by atoms with Gasteiger partial charge in [0.05, 0.1) is 19.3 Å². The SMILES string of the molecule is COc1ccccc1N1CCN2C1=NC1C2C(=O)N(Cc2ccc(F)cc2)C(=O)N1C. The molecule has 0 aromatic heterocycles. The summed E-state index contributed by atoms with van der Waals surface area (Å²) in [5.74, 6) is 0.726. The smallest absolute Gasteiger partial charge is 0.328 e. The van der Waals surface area contributed by atoms with Crippen LogP contribution in [0.3, 0.4) is 0 Å². The van der Waals surface area contributed by atoms with E-state index in [0.717, 1.165) is 11.4 Å². The van der Waals surface area contributed by atoms with Crippen LogP contribution in [-0.2, 0) is 11.3 Å². The number of hydrogen-bond donors (Lipinski definition) is 0. The number of rotatable bonds is 4. The summed E-state index contributed by atoms with van der Waals surface area (Å²) in [5, 5.41) is 0. The van der Waals surface area contributed by atoms with Gasteiger partial charge in [-0.2, -0.15) is 0 Å². The molecule has 3 heterocycles. The lowest BCUT2D eigenvalue weighted by atomic mass is 10.1. The monoisotopic (exact) mass is 423 g/mol. The fourth-order valence-corrected chi connectivity index (χ4v) is 4.44. The number of benzene rings is 2. The van der Waals surface area contributed by atoms with Gasteiger partial charge in [-0.25, -0.2) is 14.2 Å². The Hall–Kier alpha value is -3.62. The molecule has 3 amide bonds. The van der Waals surface area contributed by atoms with Gasteiger partial charge >= 0.3 is 6.03 Å². The normalized spacial score (nSPS) is 22.6. The first kappa shape index (κ1) is 19.3. The fourth-order valence-electron chi connectivity index (χ4n) is 4.44. The quantitative estimate of drug-likeness (QED) is 0.754. The van der Waals surface area contributed by atoms with Crippen molar-refractivity contribution >= 4 is 23.6 Å². The van der Waals surface area contributed by atoms with Gasteiger partial charge in [0.1, 0.15) is 11.6 Å². The summed E-state index contributed by atoms with van der Waals surface area (Å²) in [6.07, 6.45) is -0.586. The Bertz CT molecular complexity index is 1070. The summed E-state index contributed by atoms with van der Waals surface area (Å²) in [7, 11) is 3.27. The Morgan fingerprint density at radius 3 is 2.58 bits per heavy atom. The highest BCUT2D eigenvalue weighted by Crippen LogP contribution is 2.36. The van der Waals surface area contributed by atoms with Crippen molar-refractivity contribution in [3.8, 4) is 5.75 Å². The molecule has 3 aliphatic heterocycles. The second-order valence-electron chi connectivity index (χ2n) is 7.75. The number of carbonyl (C=O) groups excluding carboxylic acids is 2. The number of guanidine groups is 1. The van der Waals surface area contributed by atoms with Crippen LogP contribution in [0.25, 0.3) is 0 Å². The van der Waals surface area contributed by atoms with Crippen molar-refractivity contribution < 1.29 is 18.7 Å². The number of aliphatic imine (C=N–C) groups is 1. The van der Waals surface area contributed by atoms with E-state index in [1.807, 2.05) is 34.1 Å². The van der Waals surface area contributed by atoms with E-state index < -0.39 is 18.2 Å². The molecule has 2 aromatic rings. The lowest BCUT2D eigenvalue weighted by Gasteiger charge is -2.40. The number of anilines is 1. The Balaban J connectivity index is 1.44. The molecule has 2 aromatic carbocycles. The minimum absolute atomic E-state index is 0.0882. The summed E-state index contributed by atoms with van der Waals surface area (Å²) in [5.41, 5.74) is 1.56. The van der Waals surface area contributed by atoms with Crippen molar-refractivity contribution in [2.75, 3.05) is 32.1 Å². The summed E-state index contributed by atoms with van der Waals surface area (Å²) >= 11 is 0. The third-order valence-corrected chi connectivity index (χ3v) is 6.01. The van der Waals surface area contributed by atoms with Crippen LogP contribution in [0.2, 0.25) is 0 Å². The van der Waals surface area contributed by atoms with E-state index in [1.54, 1.807) is 26.3 Å². The zero-order valence-electron chi connectivity index (χ0n) is 17.2. The van der Waals surface area contributed by atoms with E-state index >= 15 is 0 Å². The van der Waals surface area contributed by atoms with Gasteiger partial charge in [0, 0.05) is 20.1 Å². The molecule has 0 bridgehead atoms. The lowest BCUT2D eigenvalue weighted by Crippen LogP contribution is -2.64. The molecule has 0 saturated carbocycles. The predicted molar refractivity (Wildman–Crippen MR) is 112 cm³/mol. The molecule has 2 unspecified atom stereocenters. The molecule has 0 N–H and O–H groups in total. The van der Waals surface area contributed by atoms with Gasteiger partial charge in [0.15, 0.2) is 12.2 Å². The largest absolute Gasteiger partial charge is 0.495 e. The molecular weight excluding hydrogens is 401 g/mol. The minimum Gasteiger partial charge on any atom is -0.495 e. The summed E-state index contributed by atoms with van der Waals surface area (Å²) in [4.78, 5) is 37.8. The highest BCUT2D eigenvalue weighted by Gasteiger charge is 2.54. The maximum absolute atomic E-state index is 13.4. The third-order valence-electron chi connectivity index (χ3n) is 6.01. The van der Waals surface area contributed by atoms with E-state index in [4.69, 9.17) is 9.73 Å². The fraction of sp³-hybridized carbons (Fsp3) is 0.318. The summed E-state index contributed by atoms with van der Waals surface area (Å²) in [6, 6.07) is 12.5. The number of nitrogens with zero attached hydrogens (tertiary/aromatic N) is 5. The van der Waals surface area contributed by atoms with Crippen LogP contribution in [0, 0.1) is 5.82 Å². The van der Waals surface area contributed by atoms with Crippen LogP contribution in [0.5, 0.6) is 5.75 Å². The molecule has 31 heavy (non-hydrogen) atoms. The van der Waals surface area contributed by atoms with Crippen molar-refractivity contribution in [2.24, 2.45) is 4.99 Å². The molecule has 3 aliphatic rings. The van der Waals surface area contributed by atoms with Crippen LogP contribution in [-0.4, -0.2) is 72.1 Å². The van der Waals surface area contributed by atoms with E-state index in [2.05, 4.69) is 0 Å². The van der Waals surface area contributed by atoms with Crippen LogP contribution in [0.15, 0.2) is 53.5 Å². The van der Waals surface area contributed by atoms with Gasteiger partial charge in [-0.3, -0.25) is 9.69 Å².